The van der Waals surface area contributed by atoms with Crippen molar-refractivity contribution in [2.75, 3.05) is 6.61 Å². The monoisotopic (exact) mass is 327 g/mol. The fraction of sp³-hybridized carbons (Fsp3) is 0.588. The second-order valence-corrected chi connectivity index (χ2v) is 7.76. The van der Waals surface area contributed by atoms with Crippen molar-refractivity contribution >= 4 is 18.5 Å². The number of benzene rings is 1. The summed E-state index contributed by atoms with van der Waals surface area (Å²) in [6.07, 6.45) is -0.386. The molecule has 1 aliphatic rings. The number of nitrogens with one attached hydrogen (secondary N) is 1. The molecule has 0 saturated carbocycles. The maximum Gasteiger partial charge on any atom is 0.407 e. The Labute approximate surface area is 138 Å². The van der Waals surface area contributed by atoms with Gasteiger partial charge in [0.05, 0.1) is 6.04 Å². The van der Waals surface area contributed by atoms with Crippen LogP contribution in [0.1, 0.15) is 64.3 Å². The summed E-state index contributed by atoms with van der Waals surface area (Å²) in [5.41, 5.74) is 2.42. The zero-order valence-electron chi connectivity index (χ0n) is 14.1. The van der Waals surface area contributed by atoms with Gasteiger partial charge in [-0.2, -0.15) is 0 Å². The summed E-state index contributed by atoms with van der Waals surface area (Å²) in [7, 11) is 0. The molecule has 1 amide bonds. The molecule has 5 heteroatoms. The number of carbonyl (C=O) groups is 1. The number of carbonyl (C=O) groups excluding carboxylic acids is 1. The number of hydrogen-bond acceptors (Lipinski definition) is 3. The third-order valence-corrected chi connectivity index (χ3v) is 3.82. The molecule has 1 saturated heterocycles. The van der Waals surface area contributed by atoms with Crippen LogP contribution in [0.4, 0.5) is 4.79 Å². The molecule has 1 atom stereocenters. The van der Waals surface area contributed by atoms with Crippen LogP contribution in [0.5, 0.6) is 5.75 Å². The van der Waals surface area contributed by atoms with Gasteiger partial charge in [0, 0.05) is 0 Å². The lowest BCUT2D eigenvalue weighted by Crippen LogP contribution is -2.22. The molecule has 1 aromatic carbocycles. The minimum absolute atomic E-state index is 0. The van der Waals surface area contributed by atoms with Gasteiger partial charge in [-0.1, -0.05) is 41.5 Å². The molecule has 1 fully saturated rings. The molecule has 2 rings (SSSR count). The Bertz CT molecular complexity index is 535. The summed E-state index contributed by atoms with van der Waals surface area (Å²) < 4.78 is 4.99. The summed E-state index contributed by atoms with van der Waals surface area (Å²) in [6.45, 7) is 12.8. The van der Waals surface area contributed by atoms with Gasteiger partial charge >= 0.3 is 6.09 Å². The topological polar surface area (TPSA) is 58.6 Å². The fourth-order valence-electron chi connectivity index (χ4n) is 2.57. The molecule has 4 nitrogen and oxygen atoms in total. The van der Waals surface area contributed by atoms with Gasteiger partial charge in [-0.15, -0.1) is 12.4 Å². The molecule has 0 aliphatic carbocycles. The number of amides is 1. The Balaban J connectivity index is 0.00000242. The Morgan fingerprint density at radius 3 is 1.86 bits per heavy atom. The first kappa shape index (κ1) is 18.6. The Hall–Kier alpha value is -1.42. The van der Waals surface area contributed by atoms with Gasteiger partial charge in [-0.05, 0) is 39.7 Å². The Kier molecular flexibility index (Phi) is 5.08. The number of cyclic esters (lactones) is 1. The van der Waals surface area contributed by atoms with Crippen molar-refractivity contribution in [3.63, 3.8) is 0 Å². The quantitative estimate of drug-likeness (QED) is 0.813. The highest BCUT2D eigenvalue weighted by Gasteiger charge is 2.30. The van der Waals surface area contributed by atoms with Crippen molar-refractivity contribution in [1.29, 1.82) is 0 Å². The van der Waals surface area contributed by atoms with E-state index >= 15 is 0 Å². The minimum Gasteiger partial charge on any atom is -0.507 e. The predicted molar refractivity (Wildman–Crippen MR) is 90.0 cm³/mol. The molecule has 0 aromatic heterocycles. The molecular formula is C17H26ClNO3. The molecule has 0 spiro atoms. The van der Waals surface area contributed by atoms with Gasteiger partial charge in [0.25, 0.3) is 0 Å². The molecular weight excluding hydrogens is 302 g/mol. The third-order valence-electron chi connectivity index (χ3n) is 3.82. The SMILES string of the molecule is CC(C)(C)c1cc([C@H]2COC(=O)N2)cc(C(C)(C)C)c1O.Cl. The fourth-order valence-corrected chi connectivity index (χ4v) is 2.57. The largest absolute Gasteiger partial charge is 0.507 e. The van der Waals surface area contributed by atoms with E-state index in [1.54, 1.807) is 0 Å². The van der Waals surface area contributed by atoms with E-state index in [1.807, 2.05) is 12.1 Å². The Morgan fingerprint density at radius 2 is 1.55 bits per heavy atom. The van der Waals surface area contributed by atoms with Gasteiger partial charge in [-0.3, -0.25) is 0 Å². The Morgan fingerprint density at radius 1 is 1.09 bits per heavy atom. The number of ether oxygens (including phenoxy) is 1. The van der Waals surface area contributed by atoms with Crippen LogP contribution in [-0.4, -0.2) is 17.8 Å². The number of phenols is 1. The van der Waals surface area contributed by atoms with Crippen LogP contribution < -0.4 is 5.32 Å². The van der Waals surface area contributed by atoms with Crippen molar-refractivity contribution < 1.29 is 14.6 Å². The smallest absolute Gasteiger partial charge is 0.407 e. The molecule has 0 bridgehead atoms. The summed E-state index contributed by atoms with van der Waals surface area (Å²) in [6, 6.07) is 3.80. The summed E-state index contributed by atoms with van der Waals surface area (Å²) in [5, 5.41) is 13.5. The number of halogens is 1. The van der Waals surface area contributed by atoms with Crippen LogP contribution >= 0.6 is 12.4 Å². The lowest BCUT2D eigenvalue weighted by molar-refractivity contribution is 0.177. The second-order valence-electron chi connectivity index (χ2n) is 7.76. The van der Waals surface area contributed by atoms with Gasteiger partial charge in [0.2, 0.25) is 0 Å². The number of aromatic hydroxyl groups is 1. The van der Waals surface area contributed by atoms with Crippen LogP contribution in [-0.2, 0) is 15.6 Å². The van der Waals surface area contributed by atoms with Crippen LogP contribution in [0.2, 0.25) is 0 Å². The highest BCUT2D eigenvalue weighted by atomic mass is 35.5. The average molecular weight is 328 g/mol. The first-order valence-electron chi connectivity index (χ1n) is 7.31. The molecule has 0 unspecified atom stereocenters. The highest BCUT2D eigenvalue weighted by Crippen LogP contribution is 2.41. The second kappa shape index (κ2) is 5.99. The van der Waals surface area contributed by atoms with Crippen LogP contribution in [0, 0.1) is 0 Å². The van der Waals surface area contributed by atoms with Crippen molar-refractivity contribution in [3.8, 4) is 5.75 Å². The summed E-state index contributed by atoms with van der Waals surface area (Å²) in [4.78, 5) is 11.3. The van der Waals surface area contributed by atoms with E-state index < -0.39 is 0 Å². The number of phenolic OH excluding ortho intramolecular Hbond substituents is 1. The predicted octanol–water partition coefficient (Wildman–Crippen LogP) is 4.19. The highest BCUT2D eigenvalue weighted by molar-refractivity contribution is 5.85. The van der Waals surface area contributed by atoms with E-state index in [0.29, 0.717) is 12.4 Å². The molecule has 1 heterocycles. The van der Waals surface area contributed by atoms with E-state index in [1.165, 1.54) is 0 Å². The van der Waals surface area contributed by atoms with E-state index in [4.69, 9.17) is 4.74 Å². The molecule has 1 aromatic rings. The van der Waals surface area contributed by atoms with E-state index in [9.17, 15) is 9.90 Å². The summed E-state index contributed by atoms with van der Waals surface area (Å²) >= 11 is 0. The maximum absolute atomic E-state index is 11.3. The number of alkyl carbamates (subject to hydrolysis) is 1. The average Bonchev–Trinajstić information content (AvgIpc) is 2.73. The van der Waals surface area contributed by atoms with Crippen LogP contribution in [0.25, 0.3) is 0 Å². The minimum atomic E-state index is -0.386. The molecule has 2 N–H and O–H groups in total. The van der Waals surface area contributed by atoms with Crippen molar-refractivity contribution in [1.82, 2.24) is 5.32 Å². The standard InChI is InChI=1S/C17H25NO3.ClH/c1-16(2,3)11-7-10(13-9-21-15(20)18-13)8-12(14(11)19)17(4,5)6;/h7-8,13,19H,9H2,1-6H3,(H,18,20);1H/t13-;/m1./s1. The van der Waals surface area contributed by atoms with Crippen molar-refractivity contribution in [2.45, 2.75) is 58.4 Å². The molecule has 22 heavy (non-hydrogen) atoms. The van der Waals surface area contributed by atoms with Gasteiger partial charge in [-0.25, -0.2) is 4.79 Å². The maximum atomic E-state index is 11.3. The lowest BCUT2D eigenvalue weighted by atomic mass is 9.78. The molecule has 124 valence electrons. The number of hydrogen-bond donors (Lipinski definition) is 2. The zero-order valence-corrected chi connectivity index (χ0v) is 14.9. The first-order valence-corrected chi connectivity index (χ1v) is 7.31. The normalized spacial score (nSPS) is 18.5. The van der Waals surface area contributed by atoms with E-state index in [-0.39, 0.29) is 35.4 Å². The van der Waals surface area contributed by atoms with Gasteiger partial charge in [0.1, 0.15) is 12.4 Å². The van der Waals surface area contributed by atoms with E-state index in [0.717, 1.165) is 16.7 Å². The number of rotatable bonds is 1. The van der Waals surface area contributed by atoms with Crippen molar-refractivity contribution in [2.24, 2.45) is 0 Å². The molecule has 1 aliphatic heterocycles. The third kappa shape index (κ3) is 3.67. The van der Waals surface area contributed by atoms with Gasteiger partial charge < -0.3 is 15.2 Å². The van der Waals surface area contributed by atoms with E-state index in [2.05, 4.69) is 46.9 Å². The zero-order chi connectivity index (χ0) is 16.0. The summed E-state index contributed by atoms with van der Waals surface area (Å²) in [5.74, 6) is 0.351. The lowest BCUT2D eigenvalue weighted by Gasteiger charge is -2.29. The van der Waals surface area contributed by atoms with Crippen LogP contribution in [0.3, 0.4) is 0 Å². The molecule has 0 radical (unpaired) electrons. The van der Waals surface area contributed by atoms with Crippen molar-refractivity contribution in [3.05, 3.63) is 28.8 Å². The first-order chi connectivity index (χ1) is 9.50. The van der Waals surface area contributed by atoms with Gasteiger partial charge in [0.15, 0.2) is 0 Å². The van der Waals surface area contributed by atoms with Crippen LogP contribution in [0.15, 0.2) is 12.1 Å².